The number of aromatic nitrogens is 2. The molecule has 0 saturated carbocycles. The highest BCUT2D eigenvalue weighted by Crippen LogP contribution is 2.62. The van der Waals surface area contributed by atoms with Crippen LogP contribution in [0.3, 0.4) is 0 Å². The summed E-state index contributed by atoms with van der Waals surface area (Å²) in [6.45, 7) is 8.34. The van der Waals surface area contributed by atoms with Crippen molar-refractivity contribution in [2.75, 3.05) is 5.75 Å². The van der Waals surface area contributed by atoms with Crippen molar-refractivity contribution < 1.29 is 0 Å². The molecule has 1 aromatic heterocycles. The number of halogens is 2. The minimum atomic E-state index is -1.65. The molecule has 3 nitrogen and oxygen atoms in total. The number of hydrogen-bond donors (Lipinski definition) is 2. The molecule has 0 aliphatic carbocycles. The topological polar surface area (TPSA) is 38.1 Å². The van der Waals surface area contributed by atoms with Crippen LogP contribution in [0.1, 0.15) is 26.3 Å². The first kappa shape index (κ1) is 18.8. The summed E-state index contributed by atoms with van der Waals surface area (Å²) in [5, 5.41) is 3.88. The van der Waals surface area contributed by atoms with Crippen molar-refractivity contribution in [2.24, 2.45) is 10.9 Å². The van der Waals surface area contributed by atoms with Gasteiger partial charge in [-0.2, -0.15) is 0 Å². The van der Waals surface area contributed by atoms with Gasteiger partial charge in [0.15, 0.2) is 5.16 Å². The number of rotatable bonds is 2. The van der Waals surface area contributed by atoms with Gasteiger partial charge >= 0.3 is 0 Å². The lowest BCUT2D eigenvalue weighted by Crippen LogP contribution is -2.36. The number of nitrogens with zero attached hydrogens (tertiary/aromatic N) is 3. The van der Waals surface area contributed by atoms with Gasteiger partial charge in [0.2, 0.25) is 0 Å². The third kappa shape index (κ3) is 3.00. The summed E-state index contributed by atoms with van der Waals surface area (Å²) in [4.78, 5) is 14.2. The van der Waals surface area contributed by atoms with Crippen LogP contribution < -0.4 is 10.6 Å². The monoisotopic (exact) mass is 463 g/mol. The molecule has 130 valence electrons. The summed E-state index contributed by atoms with van der Waals surface area (Å²) in [6.07, 6.45) is 2.22. The molecule has 0 spiro atoms. The van der Waals surface area contributed by atoms with Crippen LogP contribution in [0.2, 0.25) is 5.15 Å². The maximum atomic E-state index is 6.59. The Morgan fingerprint density at radius 3 is 2.58 bits per heavy atom. The molecule has 0 saturated heterocycles. The highest BCUT2D eigenvalue weighted by molar-refractivity contribution is 9.17. The van der Waals surface area contributed by atoms with Crippen LogP contribution in [0, 0.1) is 12.8 Å². The van der Waals surface area contributed by atoms with Crippen molar-refractivity contribution >= 4 is 75.9 Å². The van der Waals surface area contributed by atoms with Crippen molar-refractivity contribution in [1.82, 2.24) is 9.97 Å². The van der Waals surface area contributed by atoms with Crippen LogP contribution in [0.5, 0.6) is 0 Å². The first-order valence-electron chi connectivity index (χ1n) is 7.68. The number of thiol groups is 2. The van der Waals surface area contributed by atoms with Crippen LogP contribution in [0.25, 0.3) is 17.0 Å². The lowest BCUT2D eigenvalue weighted by Gasteiger charge is -2.25. The maximum absolute atomic E-state index is 6.59. The second-order valence-corrected chi connectivity index (χ2v) is 14.1. The minimum absolute atomic E-state index is 0.233. The Bertz CT molecular complexity index is 962. The highest BCUT2D eigenvalue weighted by atomic mass is 79.9. The predicted molar refractivity (Wildman–Crippen MR) is 115 cm³/mol. The van der Waals surface area contributed by atoms with E-state index < -0.39 is 8.09 Å². The third-order valence-electron chi connectivity index (χ3n) is 4.48. The van der Waals surface area contributed by atoms with E-state index in [1.54, 1.807) is 0 Å². The largest absolute Gasteiger partial charge is 0.280 e. The normalized spacial score (nSPS) is 21.2. The average Bonchev–Trinajstić information content (AvgIpc) is 2.54. The fourth-order valence-electron chi connectivity index (χ4n) is 2.73. The van der Waals surface area contributed by atoms with E-state index in [1.165, 1.54) is 0 Å². The van der Waals surface area contributed by atoms with E-state index in [0.717, 1.165) is 37.3 Å². The van der Waals surface area contributed by atoms with Crippen molar-refractivity contribution in [1.29, 1.82) is 0 Å². The van der Waals surface area contributed by atoms with Crippen molar-refractivity contribution in [3.8, 4) is 0 Å². The molecule has 1 aromatic carbocycles. The standard InChI is InChI=1S/C16H19BrClN3S3/c1-5-24(22,23)16-20-13-8(3)12(17)14-10(11(13)15(18)21-16)6-7(2)9(4)19-14/h6-7,9,22-23H,5H2,1-4H3. The van der Waals surface area contributed by atoms with Gasteiger partial charge < -0.3 is 0 Å². The average molecular weight is 465 g/mol. The number of hydrogen-bond acceptors (Lipinski definition) is 5. The molecule has 3 rings (SSSR count). The van der Waals surface area contributed by atoms with E-state index >= 15 is 0 Å². The van der Waals surface area contributed by atoms with E-state index in [2.05, 4.69) is 64.2 Å². The molecule has 0 bridgehead atoms. The number of aryl methyl sites for hydroxylation is 1. The van der Waals surface area contributed by atoms with Crippen LogP contribution >= 0.6 is 58.9 Å². The molecule has 2 aromatic rings. The summed E-state index contributed by atoms with van der Waals surface area (Å²) in [7, 11) is -1.65. The van der Waals surface area contributed by atoms with E-state index in [1.807, 2.05) is 13.8 Å². The molecule has 0 fully saturated rings. The summed E-state index contributed by atoms with van der Waals surface area (Å²) in [5.74, 6) is 1.10. The van der Waals surface area contributed by atoms with E-state index in [0.29, 0.717) is 16.2 Å². The van der Waals surface area contributed by atoms with Crippen LogP contribution in [0.4, 0.5) is 0 Å². The van der Waals surface area contributed by atoms with Crippen molar-refractivity contribution in [2.45, 2.75) is 38.9 Å². The molecular formula is C16H19BrClN3S3. The second-order valence-electron chi connectivity index (χ2n) is 6.07. The van der Waals surface area contributed by atoms with Gasteiger partial charge in [0.25, 0.3) is 0 Å². The Labute approximate surface area is 166 Å². The molecule has 1 aliphatic rings. The van der Waals surface area contributed by atoms with Gasteiger partial charge in [0.1, 0.15) is 5.15 Å². The zero-order valence-corrected chi connectivity index (χ0v) is 18.8. The van der Waals surface area contributed by atoms with Gasteiger partial charge in [-0.1, -0.05) is 39.6 Å². The highest BCUT2D eigenvalue weighted by Gasteiger charge is 2.24. The van der Waals surface area contributed by atoms with Crippen molar-refractivity contribution in [3.05, 3.63) is 25.8 Å². The fraction of sp³-hybridized carbons (Fsp3) is 0.438. The predicted octanol–water partition coefficient (Wildman–Crippen LogP) is 4.67. The number of fused-ring (bicyclic) bond motifs is 3. The fourth-order valence-corrected chi connectivity index (χ4v) is 4.78. The van der Waals surface area contributed by atoms with Gasteiger partial charge in [-0.3, -0.25) is 4.99 Å². The quantitative estimate of drug-likeness (QED) is 0.293. The molecule has 2 atom stereocenters. The van der Waals surface area contributed by atoms with Gasteiger partial charge in [0, 0.05) is 15.1 Å². The SMILES string of the molecule is CCS(S)(S)c1nc(Cl)c2c3c(c(Br)c(C)c2n1)=NC(C)C(C)C=3. The maximum Gasteiger partial charge on any atom is 0.189 e. The Balaban J connectivity index is 2.50. The van der Waals surface area contributed by atoms with Gasteiger partial charge in [-0.05, 0) is 47.0 Å². The Hall–Kier alpha value is 0.0500. The lowest BCUT2D eigenvalue weighted by atomic mass is 9.97. The zero-order chi connectivity index (χ0) is 17.8. The van der Waals surface area contributed by atoms with Crippen LogP contribution in [0.15, 0.2) is 14.6 Å². The molecule has 1 aliphatic heterocycles. The first-order chi connectivity index (χ1) is 11.2. The summed E-state index contributed by atoms with van der Waals surface area (Å²) in [6, 6.07) is 0.233. The third-order valence-corrected chi connectivity index (χ3v) is 9.82. The zero-order valence-electron chi connectivity index (χ0n) is 13.8. The molecule has 8 heteroatoms. The summed E-state index contributed by atoms with van der Waals surface area (Å²) >= 11 is 19.6. The number of benzene rings is 1. The molecule has 0 amide bonds. The lowest BCUT2D eigenvalue weighted by molar-refractivity contribution is 0.586. The van der Waals surface area contributed by atoms with Gasteiger partial charge in [-0.15, -0.1) is 23.3 Å². The first-order valence-corrected chi connectivity index (χ1v) is 12.8. The van der Waals surface area contributed by atoms with E-state index in [-0.39, 0.29) is 6.04 Å². The summed E-state index contributed by atoms with van der Waals surface area (Å²) < 4.78 is 0.969. The Morgan fingerprint density at radius 2 is 1.96 bits per heavy atom. The molecule has 2 unspecified atom stereocenters. The molecule has 24 heavy (non-hydrogen) atoms. The Morgan fingerprint density at radius 1 is 1.29 bits per heavy atom. The van der Waals surface area contributed by atoms with E-state index in [9.17, 15) is 0 Å². The molecule has 2 heterocycles. The summed E-state index contributed by atoms with van der Waals surface area (Å²) in [5.41, 5.74) is 1.86. The van der Waals surface area contributed by atoms with Gasteiger partial charge in [0.05, 0.1) is 16.9 Å². The molecule has 0 N–H and O–H groups in total. The van der Waals surface area contributed by atoms with Crippen LogP contribution in [-0.4, -0.2) is 21.8 Å². The van der Waals surface area contributed by atoms with Crippen molar-refractivity contribution in [3.63, 3.8) is 0 Å². The molecule has 0 radical (unpaired) electrons. The molecular weight excluding hydrogens is 446 g/mol. The second kappa shape index (κ2) is 6.65. The minimum Gasteiger partial charge on any atom is -0.280 e. The smallest absolute Gasteiger partial charge is 0.189 e. The Kier molecular flexibility index (Phi) is 5.22. The van der Waals surface area contributed by atoms with Crippen LogP contribution in [-0.2, 0) is 0 Å². The van der Waals surface area contributed by atoms with E-state index in [4.69, 9.17) is 21.6 Å². The van der Waals surface area contributed by atoms with Gasteiger partial charge in [-0.25, -0.2) is 9.97 Å².